The Hall–Kier alpha value is -2.89. The van der Waals surface area contributed by atoms with Crippen LogP contribution in [0.25, 0.3) is 0 Å². The highest BCUT2D eigenvalue weighted by Crippen LogP contribution is 2.17. The van der Waals surface area contributed by atoms with Crippen molar-refractivity contribution < 1.29 is 28.6 Å². The number of carbonyl (C=O) groups excluding carboxylic acids is 3. The van der Waals surface area contributed by atoms with E-state index in [-0.39, 0.29) is 31.1 Å². The van der Waals surface area contributed by atoms with Crippen molar-refractivity contribution in [2.75, 3.05) is 13.2 Å². The summed E-state index contributed by atoms with van der Waals surface area (Å²) in [6.45, 7) is 6.53. The van der Waals surface area contributed by atoms with Crippen LogP contribution in [-0.4, -0.2) is 37.2 Å². The van der Waals surface area contributed by atoms with Crippen LogP contribution in [-0.2, 0) is 28.6 Å². The van der Waals surface area contributed by atoms with Gasteiger partial charge in [-0.3, -0.25) is 14.4 Å². The Morgan fingerprint density at radius 1 is 0.280 bits per heavy atom. The smallest absolute Gasteiger partial charge is 0.306 e. The van der Waals surface area contributed by atoms with Crippen LogP contribution in [0.4, 0.5) is 0 Å². The first-order valence-corrected chi connectivity index (χ1v) is 32.8. The summed E-state index contributed by atoms with van der Waals surface area (Å²) < 4.78 is 16.9. The fraction of sp³-hybridized carbons (Fsp3) is 0.812. The summed E-state index contributed by atoms with van der Waals surface area (Å²) in [5.74, 6) is -0.861. The Morgan fingerprint density at radius 2 is 0.520 bits per heavy atom. The molecular weight excluding hydrogens is 925 g/mol. The van der Waals surface area contributed by atoms with Gasteiger partial charge in [-0.05, 0) is 83.5 Å². The molecule has 0 spiro atoms. The second-order valence-electron chi connectivity index (χ2n) is 22.0. The second kappa shape index (κ2) is 63.6. The van der Waals surface area contributed by atoms with Crippen molar-refractivity contribution >= 4 is 17.9 Å². The Balaban J connectivity index is 4.06. The maximum Gasteiger partial charge on any atom is 0.306 e. The van der Waals surface area contributed by atoms with Crippen molar-refractivity contribution in [1.82, 2.24) is 0 Å². The molecule has 0 amide bonds. The van der Waals surface area contributed by atoms with Crippen LogP contribution in [0.2, 0.25) is 0 Å². The quantitative estimate of drug-likeness (QED) is 0.0261. The van der Waals surface area contributed by atoms with Crippen molar-refractivity contribution in [3.05, 3.63) is 60.8 Å². The highest BCUT2D eigenvalue weighted by Gasteiger charge is 2.19. The summed E-state index contributed by atoms with van der Waals surface area (Å²) in [6.07, 6.45) is 81.2. The van der Waals surface area contributed by atoms with Gasteiger partial charge in [0.25, 0.3) is 0 Å². The van der Waals surface area contributed by atoms with Gasteiger partial charge in [0.2, 0.25) is 0 Å². The molecule has 0 aliphatic heterocycles. The van der Waals surface area contributed by atoms with Crippen molar-refractivity contribution in [3.63, 3.8) is 0 Å². The summed E-state index contributed by atoms with van der Waals surface area (Å²) in [6, 6.07) is 0. The van der Waals surface area contributed by atoms with Gasteiger partial charge in [0.15, 0.2) is 6.10 Å². The van der Waals surface area contributed by atoms with Gasteiger partial charge in [-0.1, -0.05) is 300 Å². The van der Waals surface area contributed by atoms with E-state index in [1.54, 1.807) is 0 Å². The number of hydrogen-bond acceptors (Lipinski definition) is 6. The number of esters is 3. The zero-order valence-electron chi connectivity index (χ0n) is 50.1. The molecular formula is C69H124O6. The number of allylic oxidation sites excluding steroid dienone is 10. The Kier molecular flexibility index (Phi) is 61.2. The molecule has 0 rings (SSSR count). The Bertz CT molecular complexity index is 1340. The molecule has 0 radical (unpaired) electrons. The van der Waals surface area contributed by atoms with E-state index < -0.39 is 6.10 Å². The van der Waals surface area contributed by atoms with E-state index in [1.165, 1.54) is 218 Å². The van der Waals surface area contributed by atoms with Crippen molar-refractivity contribution in [3.8, 4) is 0 Å². The molecule has 6 nitrogen and oxygen atoms in total. The van der Waals surface area contributed by atoms with Gasteiger partial charge in [0, 0.05) is 19.3 Å². The number of rotatable bonds is 60. The molecule has 0 heterocycles. The van der Waals surface area contributed by atoms with Gasteiger partial charge in [-0.25, -0.2) is 0 Å². The van der Waals surface area contributed by atoms with Gasteiger partial charge in [-0.15, -0.1) is 0 Å². The third kappa shape index (κ3) is 61.8. The third-order valence-electron chi connectivity index (χ3n) is 14.5. The van der Waals surface area contributed by atoms with Gasteiger partial charge in [0.1, 0.15) is 13.2 Å². The minimum absolute atomic E-state index is 0.0708. The Labute approximate surface area is 466 Å². The molecule has 0 saturated carbocycles. The van der Waals surface area contributed by atoms with Crippen LogP contribution >= 0.6 is 0 Å². The van der Waals surface area contributed by atoms with Crippen molar-refractivity contribution in [1.29, 1.82) is 0 Å². The Morgan fingerprint density at radius 3 is 0.827 bits per heavy atom. The molecule has 0 aromatic rings. The van der Waals surface area contributed by atoms with E-state index in [0.717, 1.165) is 83.5 Å². The highest BCUT2D eigenvalue weighted by atomic mass is 16.6. The topological polar surface area (TPSA) is 78.9 Å². The van der Waals surface area contributed by atoms with Crippen LogP contribution in [0.15, 0.2) is 60.8 Å². The minimum atomic E-state index is -0.771. The first-order chi connectivity index (χ1) is 37.0. The maximum atomic E-state index is 12.9. The second-order valence-corrected chi connectivity index (χ2v) is 22.0. The summed E-state index contributed by atoms with van der Waals surface area (Å²) in [7, 11) is 0. The maximum absolute atomic E-state index is 12.9. The molecule has 1 atom stereocenters. The number of hydrogen-bond donors (Lipinski definition) is 0. The summed E-state index contributed by atoms with van der Waals surface area (Å²) in [5, 5.41) is 0. The average Bonchev–Trinajstić information content (AvgIpc) is 3.41. The largest absolute Gasteiger partial charge is 0.462 e. The number of unbranched alkanes of at least 4 members (excludes halogenated alkanes) is 39. The van der Waals surface area contributed by atoms with Crippen LogP contribution in [0.1, 0.15) is 342 Å². The molecule has 436 valence electrons. The van der Waals surface area contributed by atoms with E-state index in [9.17, 15) is 14.4 Å². The fourth-order valence-corrected chi connectivity index (χ4v) is 9.61. The summed E-state index contributed by atoms with van der Waals surface area (Å²) in [5.41, 5.74) is 0. The highest BCUT2D eigenvalue weighted by molar-refractivity contribution is 5.71. The molecule has 0 saturated heterocycles. The first kappa shape index (κ1) is 72.1. The lowest BCUT2D eigenvalue weighted by Crippen LogP contribution is -2.30. The molecule has 0 aliphatic rings. The molecule has 0 bridgehead atoms. The van der Waals surface area contributed by atoms with Crippen LogP contribution in [0, 0.1) is 0 Å². The van der Waals surface area contributed by atoms with Gasteiger partial charge in [0.05, 0.1) is 0 Å². The summed E-state index contributed by atoms with van der Waals surface area (Å²) >= 11 is 0. The van der Waals surface area contributed by atoms with Crippen LogP contribution in [0.3, 0.4) is 0 Å². The van der Waals surface area contributed by atoms with Crippen LogP contribution in [0.5, 0.6) is 0 Å². The molecule has 1 unspecified atom stereocenters. The van der Waals surface area contributed by atoms with E-state index >= 15 is 0 Å². The lowest BCUT2D eigenvalue weighted by molar-refractivity contribution is -0.167. The van der Waals surface area contributed by atoms with Crippen molar-refractivity contribution in [2.45, 2.75) is 348 Å². The molecule has 0 aromatic carbocycles. The van der Waals surface area contributed by atoms with E-state index in [1.807, 2.05) is 0 Å². The zero-order valence-corrected chi connectivity index (χ0v) is 50.1. The average molecular weight is 1050 g/mol. The van der Waals surface area contributed by atoms with Gasteiger partial charge in [-0.2, -0.15) is 0 Å². The normalized spacial score (nSPS) is 12.4. The van der Waals surface area contributed by atoms with E-state index in [0.29, 0.717) is 19.3 Å². The van der Waals surface area contributed by atoms with E-state index in [2.05, 4.69) is 81.5 Å². The molecule has 0 fully saturated rings. The number of carbonyl (C=O) groups is 3. The van der Waals surface area contributed by atoms with Gasteiger partial charge < -0.3 is 14.2 Å². The first-order valence-electron chi connectivity index (χ1n) is 32.8. The lowest BCUT2D eigenvalue weighted by Gasteiger charge is -2.18. The predicted molar refractivity (Wildman–Crippen MR) is 325 cm³/mol. The molecule has 0 aromatic heterocycles. The standard InChI is InChI=1S/C69H124O6/c1-4-7-10-13-16-18-20-22-24-26-28-30-31-32-33-34-35-36-37-39-40-42-44-46-48-50-53-56-59-62-68(71)74-65-66(64-73-67(70)61-58-55-52-15-12-9-6-3)75-69(72)63-60-57-54-51-49-47-45-43-41-38-29-27-25-23-21-19-17-14-11-8-5-2/h7,10,16,18,22,24,27-30,66H,4-6,8-9,11-15,17,19-21,23,25-26,31-65H2,1-3H3/b10-7-,18-16-,24-22-,29-27-,30-28-. The monoisotopic (exact) mass is 1050 g/mol. The SMILES string of the molecule is CC/C=C\C/C=C\C/C=C\C/C=C\CCCCCCCCCCCCCCCCCCC(=O)OCC(COC(=O)CCCCCCCCC)OC(=O)CCCCCCCCCCC/C=C\CCCCCCCCCC. The third-order valence-corrected chi connectivity index (χ3v) is 14.5. The minimum Gasteiger partial charge on any atom is -0.462 e. The van der Waals surface area contributed by atoms with Crippen LogP contribution < -0.4 is 0 Å². The van der Waals surface area contributed by atoms with Crippen molar-refractivity contribution in [2.24, 2.45) is 0 Å². The molecule has 0 aliphatic carbocycles. The zero-order chi connectivity index (χ0) is 54.3. The van der Waals surface area contributed by atoms with Gasteiger partial charge >= 0.3 is 17.9 Å². The summed E-state index contributed by atoms with van der Waals surface area (Å²) in [4.78, 5) is 38.1. The molecule has 0 N–H and O–H groups in total. The number of ether oxygens (including phenoxy) is 3. The molecule has 75 heavy (non-hydrogen) atoms. The predicted octanol–water partition coefficient (Wildman–Crippen LogP) is 22.3. The fourth-order valence-electron chi connectivity index (χ4n) is 9.61. The van der Waals surface area contributed by atoms with E-state index in [4.69, 9.17) is 14.2 Å². The molecule has 6 heteroatoms. The lowest BCUT2D eigenvalue weighted by atomic mass is 10.0.